The number of hydrogen-bond acceptors (Lipinski definition) is 4. The van der Waals surface area contributed by atoms with Crippen LogP contribution in [0.5, 0.6) is 0 Å². The first-order valence-corrected chi connectivity index (χ1v) is 7.70. The SMILES string of the molecule is CN(C)C(=O)[C@@H]1CN(C(=O)c2ccsc2)[C@H]2CCO[C@@H]12. The molecule has 3 heterocycles. The van der Waals surface area contributed by atoms with E-state index in [9.17, 15) is 9.59 Å². The van der Waals surface area contributed by atoms with E-state index in [1.54, 1.807) is 19.0 Å². The van der Waals surface area contributed by atoms with Gasteiger partial charge in [-0.1, -0.05) is 0 Å². The smallest absolute Gasteiger partial charge is 0.255 e. The number of ether oxygens (including phenoxy) is 1. The monoisotopic (exact) mass is 294 g/mol. The first-order valence-electron chi connectivity index (χ1n) is 6.75. The van der Waals surface area contributed by atoms with E-state index in [0.717, 1.165) is 6.42 Å². The van der Waals surface area contributed by atoms with Gasteiger partial charge in [0, 0.05) is 32.6 Å². The van der Waals surface area contributed by atoms with Crippen LogP contribution < -0.4 is 0 Å². The molecule has 1 aromatic heterocycles. The molecule has 0 radical (unpaired) electrons. The van der Waals surface area contributed by atoms with Crippen molar-refractivity contribution in [3.8, 4) is 0 Å². The average molecular weight is 294 g/mol. The lowest BCUT2D eigenvalue weighted by molar-refractivity contribution is -0.135. The molecule has 0 unspecified atom stereocenters. The van der Waals surface area contributed by atoms with E-state index in [0.29, 0.717) is 18.7 Å². The Morgan fingerprint density at radius 3 is 2.90 bits per heavy atom. The fourth-order valence-corrected chi connectivity index (χ4v) is 3.73. The summed E-state index contributed by atoms with van der Waals surface area (Å²) in [6, 6.07) is 1.87. The van der Waals surface area contributed by atoms with Gasteiger partial charge >= 0.3 is 0 Å². The molecule has 0 saturated carbocycles. The molecule has 20 heavy (non-hydrogen) atoms. The van der Waals surface area contributed by atoms with E-state index in [1.165, 1.54) is 11.3 Å². The van der Waals surface area contributed by atoms with Crippen molar-refractivity contribution in [2.45, 2.75) is 18.6 Å². The first-order chi connectivity index (χ1) is 9.59. The maximum atomic E-state index is 12.5. The third kappa shape index (κ3) is 2.13. The summed E-state index contributed by atoms with van der Waals surface area (Å²) in [5.41, 5.74) is 0.707. The number of carbonyl (C=O) groups is 2. The van der Waals surface area contributed by atoms with Gasteiger partial charge in [0.2, 0.25) is 5.91 Å². The fraction of sp³-hybridized carbons (Fsp3) is 0.571. The van der Waals surface area contributed by atoms with Crippen molar-refractivity contribution in [2.75, 3.05) is 27.2 Å². The molecule has 0 N–H and O–H groups in total. The number of thiophene rings is 1. The molecule has 3 rings (SSSR count). The fourth-order valence-electron chi connectivity index (χ4n) is 3.10. The second kappa shape index (κ2) is 5.18. The van der Waals surface area contributed by atoms with Crippen LogP contribution >= 0.6 is 11.3 Å². The average Bonchev–Trinajstić information content (AvgIpc) is 3.13. The van der Waals surface area contributed by atoms with E-state index in [1.807, 2.05) is 21.7 Å². The molecule has 5 nitrogen and oxygen atoms in total. The Bertz CT molecular complexity index is 514. The molecule has 0 aliphatic carbocycles. The number of hydrogen-bond donors (Lipinski definition) is 0. The molecule has 108 valence electrons. The highest BCUT2D eigenvalue weighted by atomic mass is 32.1. The van der Waals surface area contributed by atoms with Crippen molar-refractivity contribution in [1.82, 2.24) is 9.80 Å². The van der Waals surface area contributed by atoms with Crippen molar-refractivity contribution >= 4 is 23.2 Å². The van der Waals surface area contributed by atoms with Crippen LogP contribution in [0.4, 0.5) is 0 Å². The van der Waals surface area contributed by atoms with Crippen molar-refractivity contribution in [3.63, 3.8) is 0 Å². The third-order valence-electron chi connectivity index (χ3n) is 4.08. The molecule has 2 amide bonds. The molecule has 1 aromatic rings. The lowest BCUT2D eigenvalue weighted by atomic mass is 10.0. The Kier molecular flexibility index (Phi) is 3.52. The highest BCUT2D eigenvalue weighted by molar-refractivity contribution is 7.08. The standard InChI is InChI=1S/C14H18N2O3S/c1-15(2)14(18)10-7-16(11-3-5-19-12(10)11)13(17)9-4-6-20-8-9/h4,6,8,10-12H,3,5,7H2,1-2H3/t10-,11+,12+/m1/s1. The molecule has 0 spiro atoms. The Balaban J connectivity index is 1.83. The molecule has 2 fully saturated rings. The quantitative estimate of drug-likeness (QED) is 0.820. The van der Waals surface area contributed by atoms with Gasteiger partial charge in [-0.05, 0) is 17.9 Å². The van der Waals surface area contributed by atoms with E-state index in [-0.39, 0.29) is 29.9 Å². The summed E-state index contributed by atoms with van der Waals surface area (Å²) in [5, 5.41) is 3.75. The summed E-state index contributed by atoms with van der Waals surface area (Å²) in [6.45, 7) is 1.08. The van der Waals surface area contributed by atoms with Crippen LogP contribution in [0, 0.1) is 5.92 Å². The highest BCUT2D eigenvalue weighted by Crippen LogP contribution is 2.35. The number of carbonyl (C=O) groups excluding carboxylic acids is 2. The minimum atomic E-state index is -0.236. The number of likely N-dealkylation sites (tertiary alicyclic amines) is 1. The zero-order valence-corrected chi connectivity index (χ0v) is 12.4. The van der Waals surface area contributed by atoms with Crippen LogP contribution in [-0.4, -0.2) is 61.0 Å². The van der Waals surface area contributed by atoms with Gasteiger partial charge in [0.05, 0.1) is 23.6 Å². The number of fused-ring (bicyclic) bond motifs is 1. The Hall–Kier alpha value is -1.40. The molecule has 0 aromatic carbocycles. The maximum Gasteiger partial charge on any atom is 0.255 e. The zero-order valence-electron chi connectivity index (χ0n) is 11.6. The van der Waals surface area contributed by atoms with Crippen molar-refractivity contribution < 1.29 is 14.3 Å². The second-order valence-corrected chi connectivity index (χ2v) is 6.28. The van der Waals surface area contributed by atoms with Gasteiger partial charge in [-0.2, -0.15) is 11.3 Å². The summed E-state index contributed by atoms with van der Waals surface area (Å²) in [4.78, 5) is 28.2. The summed E-state index contributed by atoms with van der Waals surface area (Å²) < 4.78 is 5.72. The van der Waals surface area contributed by atoms with Crippen LogP contribution in [0.3, 0.4) is 0 Å². The first kappa shape index (κ1) is 13.6. The molecule has 2 saturated heterocycles. The Morgan fingerprint density at radius 1 is 1.45 bits per heavy atom. The summed E-state index contributed by atoms with van der Waals surface area (Å²) in [6.07, 6.45) is 0.671. The second-order valence-electron chi connectivity index (χ2n) is 5.50. The van der Waals surface area contributed by atoms with Crippen LogP contribution in [0.25, 0.3) is 0 Å². The number of nitrogens with zero attached hydrogens (tertiary/aromatic N) is 2. The van der Waals surface area contributed by atoms with Gasteiger partial charge in [-0.15, -0.1) is 0 Å². The Labute approximate surface area is 122 Å². The molecular weight excluding hydrogens is 276 g/mol. The minimum absolute atomic E-state index is 0.0146. The molecule has 2 aliphatic heterocycles. The van der Waals surface area contributed by atoms with E-state index in [4.69, 9.17) is 4.74 Å². The predicted octanol–water partition coefficient (Wildman–Crippen LogP) is 1.07. The largest absolute Gasteiger partial charge is 0.375 e. The van der Waals surface area contributed by atoms with E-state index >= 15 is 0 Å². The molecule has 3 atom stereocenters. The number of rotatable bonds is 2. The summed E-state index contributed by atoms with van der Waals surface area (Å²) in [5.74, 6) is -0.177. The van der Waals surface area contributed by atoms with Crippen molar-refractivity contribution in [1.29, 1.82) is 0 Å². The van der Waals surface area contributed by atoms with E-state index < -0.39 is 0 Å². The molecular formula is C14H18N2O3S. The normalized spacial score (nSPS) is 28.5. The molecule has 6 heteroatoms. The van der Waals surface area contributed by atoms with Gasteiger partial charge in [0.1, 0.15) is 0 Å². The van der Waals surface area contributed by atoms with Gasteiger partial charge in [-0.3, -0.25) is 9.59 Å². The van der Waals surface area contributed by atoms with E-state index in [2.05, 4.69) is 0 Å². The Morgan fingerprint density at radius 2 is 2.25 bits per heavy atom. The van der Waals surface area contributed by atoms with Crippen molar-refractivity contribution in [3.05, 3.63) is 22.4 Å². The van der Waals surface area contributed by atoms with Crippen molar-refractivity contribution in [2.24, 2.45) is 5.92 Å². The summed E-state index contributed by atoms with van der Waals surface area (Å²) in [7, 11) is 3.49. The number of amides is 2. The van der Waals surface area contributed by atoms with Crippen LogP contribution in [0.1, 0.15) is 16.8 Å². The van der Waals surface area contributed by atoms with Gasteiger partial charge in [-0.25, -0.2) is 0 Å². The van der Waals surface area contributed by atoms with Gasteiger partial charge in [0.15, 0.2) is 0 Å². The topological polar surface area (TPSA) is 49.9 Å². The van der Waals surface area contributed by atoms with Crippen LogP contribution in [0.15, 0.2) is 16.8 Å². The minimum Gasteiger partial charge on any atom is -0.375 e. The molecule has 0 bridgehead atoms. The maximum absolute atomic E-state index is 12.5. The lowest BCUT2D eigenvalue weighted by Crippen LogP contribution is -2.37. The van der Waals surface area contributed by atoms with Gasteiger partial charge < -0.3 is 14.5 Å². The van der Waals surface area contributed by atoms with Gasteiger partial charge in [0.25, 0.3) is 5.91 Å². The zero-order chi connectivity index (χ0) is 14.3. The summed E-state index contributed by atoms with van der Waals surface area (Å²) >= 11 is 1.51. The predicted molar refractivity (Wildman–Crippen MR) is 75.7 cm³/mol. The third-order valence-corrected chi connectivity index (χ3v) is 4.76. The molecule has 2 aliphatic rings. The van der Waals surface area contributed by atoms with Crippen LogP contribution in [0.2, 0.25) is 0 Å². The van der Waals surface area contributed by atoms with Crippen LogP contribution in [-0.2, 0) is 9.53 Å². The lowest BCUT2D eigenvalue weighted by Gasteiger charge is -2.22. The highest BCUT2D eigenvalue weighted by Gasteiger charge is 2.50.